The zero-order valence-electron chi connectivity index (χ0n) is 19.9. The van der Waals surface area contributed by atoms with Crippen LogP contribution in [0.5, 0.6) is 11.5 Å². The highest BCUT2D eigenvalue weighted by Crippen LogP contribution is 2.16. The maximum absolute atomic E-state index is 12.9. The Labute approximate surface area is 205 Å². The fraction of sp³-hybridized carbons (Fsp3) is 0.250. The largest absolute Gasteiger partial charge is 0.497 e. The molecule has 3 aromatic rings. The molecular formula is C28H31NO6. The number of methoxy groups -OCH3 is 2. The third-order valence-electron chi connectivity index (χ3n) is 5.21. The second-order valence-electron chi connectivity index (χ2n) is 7.76. The number of carbonyl (C=O) groups excluding carboxylic acids is 1. The molecule has 0 aliphatic heterocycles. The van der Waals surface area contributed by atoms with E-state index in [2.05, 4.69) is 5.32 Å². The number of anilines is 1. The first kappa shape index (κ1) is 26.0. The van der Waals surface area contributed by atoms with Crippen LogP contribution in [0.25, 0.3) is 0 Å². The van der Waals surface area contributed by atoms with Gasteiger partial charge in [0.05, 0.1) is 34.0 Å². The summed E-state index contributed by atoms with van der Waals surface area (Å²) in [5, 5.41) is 13.8. The summed E-state index contributed by atoms with van der Waals surface area (Å²) in [5.74, 6) is 1.10. The highest BCUT2D eigenvalue weighted by molar-refractivity contribution is 5.94. The van der Waals surface area contributed by atoms with E-state index in [0.29, 0.717) is 0 Å². The van der Waals surface area contributed by atoms with E-state index in [-0.39, 0.29) is 25.6 Å². The van der Waals surface area contributed by atoms with Crippen LogP contribution < -0.4 is 14.8 Å². The normalized spacial score (nSPS) is 12.8. The van der Waals surface area contributed by atoms with Crippen molar-refractivity contribution in [3.05, 3.63) is 102 Å². The summed E-state index contributed by atoms with van der Waals surface area (Å²) in [6, 6.07) is 24.2. The molecular weight excluding hydrogens is 446 g/mol. The molecule has 0 bridgehead atoms. The van der Waals surface area contributed by atoms with Gasteiger partial charge in [0.1, 0.15) is 23.7 Å². The molecule has 0 radical (unpaired) electrons. The van der Waals surface area contributed by atoms with Gasteiger partial charge >= 0.3 is 0 Å². The molecule has 0 aliphatic carbocycles. The minimum Gasteiger partial charge on any atom is -0.497 e. The molecule has 0 saturated carbocycles. The summed E-state index contributed by atoms with van der Waals surface area (Å²) in [6.07, 6.45) is 0.646. The van der Waals surface area contributed by atoms with Crippen LogP contribution in [-0.4, -0.2) is 43.9 Å². The van der Waals surface area contributed by atoms with Gasteiger partial charge in [-0.3, -0.25) is 4.79 Å². The average molecular weight is 478 g/mol. The van der Waals surface area contributed by atoms with E-state index >= 15 is 0 Å². The molecule has 0 aliphatic rings. The zero-order valence-corrected chi connectivity index (χ0v) is 19.9. The maximum atomic E-state index is 12.9. The topological polar surface area (TPSA) is 86.2 Å². The lowest BCUT2D eigenvalue weighted by Gasteiger charge is -2.21. The van der Waals surface area contributed by atoms with Gasteiger partial charge in [-0.1, -0.05) is 42.5 Å². The van der Waals surface area contributed by atoms with E-state index in [1.807, 2.05) is 78.9 Å². The van der Waals surface area contributed by atoms with E-state index in [0.717, 1.165) is 28.3 Å². The molecule has 0 amide bonds. The fourth-order valence-electron chi connectivity index (χ4n) is 3.25. The Hall–Kier alpha value is -3.65. The number of benzene rings is 3. The van der Waals surface area contributed by atoms with Crippen molar-refractivity contribution in [2.45, 2.75) is 25.4 Å². The number of hydrogen-bond acceptors (Lipinski definition) is 7. The smallest absolute Gasteiger partial charge is 0.188 e. The van der Waals surface area contributed by atoms with E-state index < -0.39 is 12.2 Å². The number of ether oxygens (including phenoxy) is 4. The minimum atomic E-state index is -1.15. The lowest BCUT2D eigenvalue weighted by Crippen LogP contribution is -2.38. The van der Waals surface area contributed by atoms with Gasteiger partial charge < -0.3 is 29.4 Å². The molecule has 2 N–H and O–H groups in total. The summed E-state index contributed by atoms with van der Waals surface area (Å²) >= 11 is 0. The molecule has 7 heteroatoms. The number of nitrogens with one attached hydrogen (secondary N) is 1. The Balaban J connectivity index is 1.60. The highest BCUT2D eigenvalue weighted by Gasteiger charge is 2.26. The van der Waals surface area contributed by atoms with E-state index in [4.69, 9.17) is 18.9 Å². The second-order valence-corrected chi connectivity index (χ2v) is 7.76. The van der Waals surface area contributed by atoms with Crippen LogP contribution in [0, 0.1) is 0 Å². The zero-order chi connectivity index (χ0) is 24.9. The third-order valence-corrected chi connectivity index (χ3v) is 5.21. The van der Waals surface area contributed by atoms with Gasteiger partial charge in [-0.15, -0.1) is 0 Å². The lowest BCUT2D eigenvalue weighted by molar-refractivity contribution is -0.139. The molecule has 2 atom stereocenters. The third kappa shape index (κ3) is 8.57. The Kier molecular flexibility index (Phi) is 10.3. The van der Waals surface area contributed by atoms with Crippen molar-refractivity contribution in [1.29, 1.82) is 0 Å². The Morgan fingerprint density at radius 3 is 2.00 bits per heavy atom. The number of hydrogen-bond donors (Lipinski definition) is 2. The molecule has 35 heavy (non-hydrogen) atoms. The number of aliphatic hydroxyl groups excluding tert-OH is 1. The Bertz CT molecular complexity index is 1050. The first-order valence-electron chi connectivity index (χ1n) is 11.2. The molecule has 0 fully saturated rings. The van der Waals surface area contributed by atoms with Gasteiger partial charge in [0, 0.05) is 11.9 Å². The summed E-state index contributed by atoms with van der Waals surface area (Å²) < 4.78 is 21.8. The summed E-state index contributed by atoms with van der Waals surface area (Å²) in [5.41, 5.74) is 2.61. The van der Waals surface area contributed by atoms with Crippen molar-refractivity contribution in [1.82, 2.24) is 0 Å². The van der Waals surface area contributed by atoms with Crippen molar-refractivity contribution in [3.8, 4) is 11.5 Å². The molecule has 0 heterocycles. The van der Waals surface area contributed by atoms with Gasteiger partial charge in [0.25, 0.3) is 0 Å². The molecule has 0 unspecified atom stereocenters. The average Bonchev–Trinajstić information content (AvgIpc) is 2.90. The molecule has 0 aromatic heterocycles. The number of carbonyl (C=O) groups is 1. The lowest BCUT2D eigenvalue weighted by atomic mass is 10.1. The fourth-order valence-corrected chi connectivity index (χ4v) is 3.25. The molecule has 0 saturated heterocycles. The van der Waals surface area contributed by atoms with Crippen molar-refractivity contribution in [2.24, 2.45) is 0 Å². The molecule has 3 aromatic carbocycles. The predicted octanol–water partition coefficient (Wildman–Crippen LogP) is 4.36. The van der Waals surface area contributed by atoms with Crippen molar-refractivity contribution < 1.29 is 28.8 Å². The summed E-state index contributed by atoms with van der Waals surface area (Å²) in [7, 11) is 3.20. The first-order chi connectivity index (χ1) is 17.1. The maximum Gasteiger partial charge on any atom is 0.188 e. The molecule has 7 nitrogen and oxygen atoms in total. The van der Waals surface area contributed by atoms with Gasteiger partial charge in [-0.05, 0) is 53.6 Å². The first-order valence-corrected chi connectivity index (χ1v) is 11.2. The van der Waals surface area contributed by atoms with Crippen LogP contribution in [0.2, 0.25) is 0 Å². The minimum absolute atomic E-state index is 0.0645. The van der Waals surface area contributed by atoms with Gasteiger partial charge in [0.15, 0.2) is 5.78 Å². The number of aliphatic hydroxyl groups is 1. The Morgan fingerprint density at radius 2 is 1.43 bits per heavy atom. The van der Waals surface area contributed by atoms with Crippen LogP contribution in [0.4, 0.5) is 5.69 Å². The van der Waals surface area contributed by atoms with Gasteiger partial charge in [0.2, 0.25) is 0 Å². The molecule has 184 valence electrons. The van der Waals surface area contributed by atoms with Gasteiger partial charge in [-0.25, -0.2) is 0 Å². The van der Waals surface area contributed by atoms with E-state index in [9.17, 15) is 9.90 Å². The van der Waals surface area contributed by atoms with Crippen molar-refractivity contribution >= 4 is 11.5 Å². The SMILES string of the molecule is COc1ccc(COC[C@@H](O)[C@@H](OCc2ccc(OC)cc2)C(=O)/C=C/Nc2ccccc2)cc1. The van der Waals surface area contributed by atoms with Crippen LogP contribution in [0.3, 0.4) is 0 Å². The van der Waals surface area contributed by atoms with Crippen LogP contribution in [0.1, 0.15) is 11.1 Å². The van der Waals surface area contributed by atoms with Crippen LogP contribution in [0.15, 0.2) is 91.1 Å². The van der Waals surface area contributed by atoms with Crippen molar-refractivity contribution in [2.75, 3.05) is 26.1 Å². The second kappa shape index (κ2) is 13.9. The molecule has 0 spiro atoms. The summed E-state index contributed by atoms with van der Waals surface area (Å²) in [6.45, 7) is 0.368. The highest BCUT2D eigenvalue weighted by atomic mass is 16.5. The monoisotopic (exact) mass is 477 g/mol. The van der Waals surface area contributed by atoms with E-state index in [1.165, 1.54) is 12.3 Å². The number of ketones is 1. The predicted molar refractivity (Wildman–Crippen MR) is 134 cm³/mol. The Morgan fingerprint density at radius 1 is 0.857 bits per heavy atom. The van der Waals surface area contributed by atoms with Gasteiger partial charge in [-0.2, -0.15) is 0 Å². The van der Waals surface area contributed by atoms with Crippen LogP contribution in [-0.2, 0) is 27.5 Å². The van der Waals surface area contributed by atoms with E-state index in [1.54, 1.807) is 14.2 Å². The standard InChI is InChI=1S/C28H31NO6/c1-32-24-12-8-21(9-13-24)18-34-20-27(31)28(35-19-22-10-14-25(33-2)15-11-22)26(30)16-17-29-23-6-4-3-5-7-23/h3-17,27-29,31H,18-20H2,1-2H3/b17-16+/t27-,28+/m1/s1. The summed E-state index contributed by atoms with van der Waals surface area (Å²) in [4.78, 5) is 12.9. The van der Waals surface area contributed by atoms with Crippen LogP contribution >= 0.6 is 0 Å². The molecule has 3 rings (SSSR count). The number of para-hydroxylation sites is 1. The quantitative estimate of drug-likeness (QED) is 0.334. The van der Waals surface area contributed by atoms with Crippen molar-refractivity contribution in [3.63, 3.8) is 0 Å². The number of rotatable bonds is 14.